The quantitative estimate of drug-likeness (QED) is 0.260. The molecule has 0 amide bonds. The zero-order valence-electron chi connectivity index (χ0n) is 19.3. The number of aryl methyl sites for hydroxylation is 1. The van der Waals surface area contributed by atoms with Crippen molar-refractivity contribution in [3.05, 3.63) is 71.8 Å². The number of nitriles is 1. The van der Waals surface area contributed by atoms with Gasteiger partial charge in [-0.15, -0.1) is 5.10 Å². The molecular formula is C24H21F2N9O. The van der Waals surface area contributed by atoms with Crippen LogP contribution in [0.3, 0.4) is 0 Å². The van der Waals surface area contributed by atoms with Crippen molar-refractivity contribution < 1.29 is 13.9 Å². The Balaban J connectivity index is 1.73. The Kier molecular flexibility index (Phi) is 6.93. The third kappa shape index (κ3) is 5.31. The van der Waals surface area contributed by atoms with Crippen molar-refractivity contribution in [3.63, 3.8) is 0 Å². The van der Waals surface area contributed by atoms with E-state index in [0.717, 1.165) is 11.4 Å². The van der Waals surface area contributed by atoms with Gasteiger partial charge < -0.3 is 16.2 Å². The Hall–Kier alpha value is -4.76. The molecule has 0 aliphatic rings. The van der Waals surface area contributed by atoms with Crippen molar-refractivity contribution in [2.45, 2.75) is 26.4 Å². The van der Waals surface area contributed by atoms with Crippen molar-refractivity contribution in [2.75, 3.05) is 5.32 Å². The first-order valence-electron chi connectivity index (χ1n) is 10.7. The fourth-order valence-electron chi connectivity index (χ4n) is 3.38. The summed E-state index contributed by atoms with van der Waals surface area (Å²) in [6.45, 7) is 3.39. The molecule has 1 atom stereocenters. The van der Waals surface area contributed by atoms with Gasteiger partial charge in [-0.2, -0.15) is 10.4 Å². The Morgan fingerprint density at radius 2 is 2.03 bits per heavy atom. The standard InChI is InChI=1S/C24H21F2N9O/c1-13-3-7-20(34-33-13)31-16-4-6-19-18(10-16)29-12-35(19)21-8-5-17(22(36)23(25)26)24(32-21)30-14(2)9-15(28)11-27/h3-10,12,22-23,36H,28H2,1-2H3,(H,31,34)/b15-9-,30-14+. The van der Waals surface area contributed by atoms with Crippen LogP contribution in [0.2, 0.25) is 0 Å². The van der Waals surface area contributed by atoms with E-state index < -0.39 is 12.5 Å². The summed E-state index contributed by atoms with van der Waals surface area (Å²) >= 11 is 0. The van der Waals surface area contributed by atoms with Gasteiger partial charge in [0.2, 0.25) is 0 Å². The molecule has 3 heterocycles. The number of allylic oxidation sites excluding steroid dienone is 2. The number of aromatic nitrogens is 5. The highest BCUT2D eigenvalue weighted by atomic mass is 19.3. The fraction of sp³-hybridized carbons (Fsp3) is 0.167. The highest BCUT2D eigenvalue weighted by Gasteiger charge is 2.24. The average Bonchev–Trinajstić information content (AvgIpc) is 3.28. The summed E-state index contributed by atoms with van der Waals surface area (Å²) in [6, 6.07) is 13.7. The van der Waals surface area contributed by atoms with Crippen molar-refractivity contribution in [1.82, 2.24) is 24.7 Å². The van der Waals surface area contributed by atoms with Crippen LogP contribution in [-0.4, -0.2) is 42.0 Å². The number of aliphatic hydroxyl groups excluding tert-OH is 1. The van der Waals surface area contributed by atoms with Gasteiger partial charge >= 0.3 is 0 Å². The summed E-state index contributed by atoms with van der Waals surface area (Å²) in [6.07, 6.45) is -2.30. The molecule has 10 nitrogen and oxygen atoms in total. The van der Waals surface area contributed by atoms with Gasteiger partial charge in [0.05, 0.1) is 16.7 Å². The van der Waals surface area contributed by atoms with Crippen LogP contribution in [0.4, 0.5) is 26.1 Å². The monoisotopic (exact) mass is 489 g/mol. The summed E-state index contributed by atoms with van der Waals surface area (Å²) in [7, 11) is 0. The second-order valence-electron chi connectivity index (χ2n) is 7.83. The Bertz CT molecular complexity index is 1500. The molecule has 36 heavy (non-hydrogen) atoms. The van der Waals surface area contributed by atoms with E-state index >= 15 is 0 Å². The number of alkyl halides is 2. The Morgan fingerprint density at radius 1 is 1.22 bits per heavy atom. The lowest BCUT2D eigenvalue weighted by atomic mass is 10.1. The van der Waals surface area contributed by atoms with Crippen LogP contribution in [0.5, 0.6) is 0 Å². The molecule has 4 N–H and O–H groups in total. The first kappa shape index (κ1) is 24.4. The van der Waals surface area contributed by atoms with Gasteiger partial charge in [0, 0.05) is 17.0 Å². The summed E-state index contributed by atoms with van der Waals surface area (Å²) in [5.74, 6) is 0.799. The number of nitrogens with two attached hydrogens (primary N) is 1. The smallest absolute Gasteiger partial charge is 0.268 e. The minimum absolute atomic E-state index is 0.106. The molecular weight excluding hydrogens is 468 g/mol. The number of nitrogens with zero attached hydrogens (tertiary/aromatic N) is 7. The van der Waals surface area contributed by atoms with Gasteiger partial charge in [-0.25, -0.2) is 23.7 Å². The SMILES string of the molecule is CC(/C=C(\N)C#N)=N\c1nc(-n2cnc3cc(Nc4ccc(C)nn4)ccc32)ccc1C(O)C(F)F. The van der Waals surface area contributed by atoms with E-state index in [-0.39, 0.29) is 22.8 Å². The zero-order valence-corrected chi connectivity index (χ0v) is 19.3. The summed E-state index contributed by atoms with van der Waals surface area (Å²) < 4.78 is 28.2. The summed E-state index contributed by atoms with van der Waals surface area (Å²) in [5.41, 5.74) is 8.40. The predicted molar refractivity (Wildman–Crippen MR) is 131 cm³/mol. The van der Waals surface area contributed by atoms with Crippen LogP contribution >= 0.6 is 0 Å². The second-order valence-corrected chi connectivity index (χ2v) is 7.83. The van der Waals surface area contributed by atoms with Crippen LogP contribution in [0.1, 0.15) is 24.3 Å². The number of benzene rings is 1. The van der Waals surface area contributed by atoms with E-state index in [1.165, 1.54) is 25.1 Å². The van der Waals surface area contributed by atoms with Gasteiger partial charge in [0.25, 0.3) is 6.43 Å². The van der Waals surface area contributed by atoms with Crippen LogP contribution in [-0.2, 0) is 0 Å². The molecule has 3 aromatic heterocycles. The maximum absolute atomic E-state index is 13.3. The van der Waals surface area contributed by atoms with Gasteiger partial charge in [-0.3, -0.25) is 4.57 Å². The first-order valence-corrected chi connectivity index (χ1v) is 10.7. The molecule has 182 valence electrons. The molecule has 0 fully saturated rings. The van der Waals surface area contributed by atoms with E-state index in [0.29, 0.717) is 22.7 Å². The van der Waals surface area contributed by atoms with Gasteiger partial charge in [-0.05, 0) is 62.4 Å². The predicted octanol–water partition coefficient (Wildman–Crippen LogP) is 4.02. The molecule has 1 unspecified atom stereocenters. The molecule has 0 aliphatic heterocycles. The van der Waals surface area contributed by atoms with Crippen molar-refractivity contribution in [1.29, 1.82) is 5.26 Å². The van der Waals surface area contributed by atoms with Crippen molar-refractivity contribution in [3.8, 4) is 11.9 Å². The molecule has 12 heteroatoms. The first-order chi connectivity index (χ1) is 17.2. The summed E-state index contributed by atoms with van der Waals surface area (Å²) in [4.78, 5) is 13.0. The van der Waals surface area contributed by atoms with Crippen LogP contribution in [0, 0.1) is 18.3 Å². The molecule has 0 saturated heterocycles. The minimum atomic E-state index is -3.04. The van der Waals surface area contributed by atoms with Gasteiger partial charge in [0.1, 0.15) is 30.0 Å². The molecule has 0 radical (unpaired) electrons. The molecule has 0 spiro atoms. The largest absolute Gasteiger partial charge is 0.390 e. The number of halogens is 2. The van der Waals surface area contributed by atoms with E-state index in [1.807, 2.05) is 37.3 Å². The van der Waals surface area contributed by atoms with E-state index in [1.54, 1.807) is 17.0 Å². The topological polar surface area (TPSA) is 151 Å². The number of imidazole rings is 1. The molecule has 0 aliphatic carbocycles. The summed E-state index contributed by atoms with van der Waals surface area (Å²) in [5, 5.41) is 30.1. The molecule has 4 rings (SSSR count). The molecule has 0 saturated carbocycles. The average molecular weight is 489 g/mol. The lowest BCUT2D eigenvalue weighted by Crippen LogP contribution is -2.10. The number of anilines is 2. The number of hydrogen-bond donors (Lipinski definition) is 3. The maximum Gasteiger partial charge on any atom is 0.268 e. The Labute approximate surface area is 204 Å². The fourth-order valence-corrected chi connectivity index (χ4v) is 3.38. The highest BCUT2D eigenvalue weighted by molar-refractivity contribution is 5.95. The normalized spacial score (nSPS) is 13.1. The number of fused-ring (bicyclic) bond motifs is 1. The zero-order chi connectivity index (χ0) is 25.8. The minimum Gasteiger partial charge on any atom is -0.390 e. The van der Waals surface area contributed by atoms with Crippen molar-refractivity contribution >= 4 is 34.1 Å². The molecule has 1 aromatic carbocycles. The lowest BCUT2D eigenvalue weighted by Gasteiger charge is -2.14. The maximum atomic E-state index is 13.3. The van der Waals surface area contributed by atoms with E-state index in [9.17, 15) is 13.9 Å². The number of pyridine rings is 1. The van der Waals surface area contributed by atoms with Gasteiger partial charge in [0.15, 0.2) is 11.6 Å². The molecule has 4 aromatic rings. The second kappa shape index (κ2) is 10.2. The van der Waals surface area contributed by atoms with E-state index in [2.05, 4.69) is 30.5 Å². The highest BCUT2D eigenvalue weighted by Crippen LogP contribution is 2.31. The third-order valence-electron chi connectivity index (χ3n) is 5.09. The number of aliphatic imine (C=N–C) groups is 1. The van der Waals surface area contributed by atoms with Crippen molar-refractivity contribution in [2.24, 2.45) is 10.7 Å². The number of rotatable bonds is 7. The van der Waals surface area contributed by atoms with Crippen LogP contribution in [0.25, 0.3) is 16.9 Å². The van der Waals surface area contributed by atoms with Crippen LogP contribution < -0.4 is 11.1 Å². The van der Waals surface area contributed by atoms with Gasteiger partial charge in [-0.1, -0.05) is 0 Å². The number of hydrogen-bond acceptors (Lipinski definition) is 9. The molecule has 0 bridgehead atoms. The lowest BCUT2D eigenvalue weighted by molar-refractivity contribution is -0.00560. The van der Waals surface area contributed by atoms with E-state index in [4.69, 9.17) is 11.0 Å². The number of aliphatic hydroxyl groups is 1. The third-order valence-corrected chi connectivity index (χ3v) is 5.09. The van der Waals surface area contributed by atoms with Crippen LogP contribution in [0.15, 0.2) is 65.6 Å². The number of nitrogens with one attached hydrogen (secondary N) is 1. The Morgan fingerprint density at radius 3 is 2.72 bits per heavy atom.